The first-order valence-electron chi connectivity index (χ1n) is 5.82. The number of hydrogen-bond donors (Lipinski definition) is 1. The van der Waals surface area contributed by atoms with E-state index in [0.717, 1.165) is 11.1 Å². The van der Waals surface area contributed by atoms with Crippen molar-refractivity contribution in [2.75, 3.05) is 7.11 Å². The Balaban J connectivity index is 1.90. The fourth-order valence-corrected chi connectivity index (χ4v) is 2.04. The largest absolute Gasteiger partial charge is 0.481 e. The molecule has 0 aliphatic rings. The van der Waals surface area contributed by atoms with Crippen LogP contribution in [0, 0.1) is 0 Å². The highest BCUT2D eigenvalue weighted by molar-refractivity contribution is 6.33. The topological polar surface area (TPSA) is 34.1 Å². The molecule has 0 atom stereocenters. The summed E-state index contributed by atoms with van der Waals surface area (Å²) in [5, 5.41) is 4.70. The minimum Gasteiger partial charge on any atom is -0.481 e. The Labute approximate surface area is 122 Å². The smallest absolute Gasteiger partial charge is 0.212 e. The summed E-state index contributed by atoms with van der Waals surface area (Å²) >= 11 is 12.0. The summed E-state index contributed by atoms with van der Waals surface area (Å²) in [6.07, 6.45) is 1.78. The highest BCUT2D eigenvalue weighted by atomic mass is 35.5. The predicted octanol–water partition coefficient (Wildman–Crippen LogP) is 3.69. The van der Waals surface area contributed by atoms with Crippen LogP contribution >= 0.6 is 23.2 Å². The predicted molar refractivity (Wildman–Crippen MR) is 77.8 cm³/mol. The second kappa shape index (κ2) is 6.75. The molecule has 19 heavy (non-hydrogen) atoms. The lowest BCUT2D eigenvalue weighted by Gasteiger charge is -2.07. The molecule has 0 fully saturated rings. The number of nitrogens with zero attached hydrogens (tertiary/aromatic N) is 1. The van der Waals surface area contributed by atoms with Crippen molar-refractivity contribution in [3.05, 3.63) is 57.7 Å². The Bertz CT molecular complexity index is 544. The van der Waals surface area contributed by atoms with Crippen LogP contribution in [0.3, 0.4) is 0 Å². The van der Waals surface area contributed by atoms with Crippen molar-refractivity contribution in [1.29, 1.82) is 0 Å². The molecule has 100 valence electrons. The molecule has 0 bridgehead atoms. The molecule has 1 heterocycles. The summed E-state index contributed by atoms with van der Waals surface area (Å²) < 4.78 is 5.01. The molecule has 0 spiro atoms. The Kier molecular flexibility index (Phi) is 5.02. The van der Waals surface area contributed by atoms with Crippen LogP contribution < -0.4 is 10.1 Å². The molecule has 0 saturated heterocycles. The average molecular weight is 297 g/mol. The summed E-state index contributed by atoms with van der Waals surface area (Å²) in [5.41, 5.74) is 2.06. The van der Waals surface area contributed by atoms with Gasteiger partial charge in [-0.15, -0.1) is 0 Å². The quantitative estimate of drug-likeness (QED) is 0.914. The van der Waals surface area contributed by atoms with Gasteiger partial charge in [0.1, 0.15) is 0 Å². The molecule has 0 aliphatic heterocycles. The molecule has 0 saturated carbocycles. The van der Waals surface area contributed by atoms with E-state index in [4.69, 9.17) is 27.9 Å². The maximum absolute atomic E-state index is 6.09. The number of rotatable bonds is 5. The van der Waals surface area contributed by atoms with Gasteiger partial charge in [-0.3, -0.25) is 0 Å². The molecule has 2 rings (SSSR count). The van der Waals surface area contributed by atoms with Gasteiger partial charge in [-0.2, -0.15) is 0 Å². The van der Waals surface area contributed by atoms with Crippen LogP contribution in [0.15, 0.2) is 36.5 Å². The molecule has 5 heteroatoms. The van der Waals surface area contributed by atoms with Crippen molar-refractivity contribution in [2.24, 2.45) is 0 Å². The normalized spacial score (nSPS) is 10.5. The van der Waals surface area contributed by atoms with Gasteiger partial charge < -0.3 is 10.1 Å². The van der Waals surface area contributed by atoms with E-state index in [2.05, 4.69) is 10.3 Å². The Morgan fingerprint density at radius 2 is 2.00 bits per heavy atom. The Morgan fingerprint density at radius 1 is 1.16 bits per heavy atom. The number of methoxy groups -OCH3 is 1. The van der Waals surface area contributed by atoms with E-state index in [1.165, 1.54) is 0 Å². The molecule has 1 aromatic carbocycles. The van der Waals surface area contributed by atoms with Gasteiger partial charge in [0, 0.05) is 35.4 Å². The highest BCUT2D eigenvalue weighted by Gasteiger charge is 2.01. The number of nitrogens with one attached hydrogen (secondary N) is 1. The van der Waals surface area contributed by atoms with Gasteiger partial charge in [-0.25, -0.2) is 4.98 Å². The molecule has 0 aliphatic carbocycles. The third-order valence-electron chi connectivity index (χ3n) is 2.66. The zero-order chi connectivity index (χ0) is 13.7. The van der Waals surface area contributed by atoms with E-state index in [9.17, 15) is 0 Å². The first-order valence-corrected chi connectivity index (χ1v) is 6.58. The zero-order valence-electron chi connectivity index (χ0n) is 10.5. The molecule has 1 N–H and O–H groups in total. The SMILES string of the molecule is COc1ccc(CNCc2cc(Cl)ccc2Cl)cn1. The molecule has 0 radical (unpaired) electrons. The van der Waals surface area contributed by atoms with E-state index >= 15 is 0 Å². The van der Waals surface area contributed by atoms with Gasteiger partial charge in [0.15, 0.2) is 0 Å². The van der Waals surface area contributed by atoms with Crippen LogP contribution in [0.2, 0.25) is 10.0 Å². The molecular formula is C14H14Cl2N2O. The lowest BCUT2D eigenvalue weighted by molar-refractivity contribution is 0.397. The molecule has 2 aromatic rings. The molecule has 3 nitrogen and oxygen atoms in total. The molecule has 0 amide bonds. The zero-order valence-corrected chi connectivity index (χ0v) is 12.0. The third-order valence-corrected chi connectivity index (χ3v) is 3.26. The lowest BCUT2D eigenvalue weighted by atomic mass is 10.2. The van der Waals surface area contributed by atoms with Crippen LogP contribution in [0.25, 0.3) is 0 Å². The van der Waals surface area contributed by atoms with Crippen LogP contribution in [-0.4, -0.2) is 12.1 Å². The van der Waals surface area contributed by atoms with Crippen molar-refractivity contribution in [2.45, 2.75) is 13.1 Å². The molecular weight excluding hydrogens is 283 g/mol. The summed E-state index contributed by atoms with van der Waals surface area (Å²) in [5.74, 6) is 0.613. The number of hydrogen-bond acceptors (Lipinski definition) is 3. The first-order chi connectivity index (χ1) is 9.19. The van der Waals surface area contributed by atoms with Gasteiger partial charge in [-0.1, -0.05) is 29.3 Å². The Morgan fingerprint density at radius 3 is 2.68 bits per heavy atom. The van der Waals surface area contributed by atoms with Crippen molar-refractivity contribution in [3.63, 3.8) is 0 Å². The second-order valence-corrected chi connectivity index (χ2v) is 4.89. The van der Waals surface area contributed by atoms with Gasteiger partial charge in [-0.05, 0) is 29.3 Å². The van der Waals surface area contributed by atoms with Crippen LogP contribution in [0.1, 0.15) is 11.1 Å². The molecule has 1 aromatic heterocycles. The minimum absolute atomic E-state index is 0.613. The number of ether oxygens (including phenoxy) is 1. The van der Waals surface area contributed by atoms with Gasteiger partial charge in [0.05, 0.1) is 7.11 Å². The fourth-order valence-electron chi connectivity index (χ4n) is 1.66. The van der Waals surface area contributed by atoms with Gasteiger partial charge in [0.2, 0.25) is 5.88 Å². The van der Waals surface area contributed by atoms with Crippen LogP contribution in [-0.2, 0) is 13.1 Å². The van der Waals surface area contributed by atoms with Gasteiger partial charge in [0.25, 0.3) is 0 Å². The van der Waals surface area contributed by atoms with E-state index in [0.29, 0.717) is 29.0 Å². The van der Waals surface area contributed by atoms with Gasteiger partial charge >= 0.3 is 0 Å². The van der Waals surface area contributed by atoms with Crippen molar-refractivity contribution < 1.29 is 4.74 Å². The van der Waals surface area contributed by atoms with Crippen LogP contribution in [0.5, 0.6) is 5.88 Å². The average Bonchev–Trinajstić information content (AvgIpc) is 2.43. The fraction of sp³-hybridized carbons (Fsp3) is 0.214. The van der Waals surface area contributed by atoms with E-state index in [1.807, 2.05) is 18.2 Å². The van der Waals surface area contributed by atoms with Crippen molar-refractivity contribution in [3.8, 4) is 5.88 Å². The standard InChI is InChI=1S/C14H14Cl2N2O/c1-19-14-5-2-10(8-18-14)7-17-9-11-6-12(15)3-4-13(11)16/h2-6,8,17H,7,9H2,1H3. The number of aromatic nitrogens is 1. The molecule has 0 unspecified atom stereocenters. The van der Waals surface area contributed by atoms with Crippen LogP contribution in [0.4, 0.5) is 0 Å². The summed E-state index contributed by atoms with van der Waals surface area (Å²) in [6.45, 7) is 1.37. The van der Waals surface area contributed by atoms with E-state index in [-0.39, 0.29) is 0 Å². The number of pyridine rings is 1. The third kappa shape index (κ3) is 4.10. The first kappa shape index (κ1) is 14.1. The van der Waals surface area contributed by atoms with Crippen molar-refractivity contribution >= 4 is 23.2 Å². The Hall–Kier alpha value is -1.29. The van der Waals surface area contributed by atoms with E-state index < -0.39 is 0 Å². The van der Waals surface area contributed by atoms with Crippen molar-refractivity contribution in [1.82, 2.24) is 10.3 Å². The minimum atomic E-state index is 0.613. The number of halogens is 2. The lowest BCUT2D eigenvalue weighted by Crippen LogP contribution is -2.13. The summed E-state index contributed by atoms with van der Waals surface area (Å²) in [6, 6.07) is 9.25. The maximum Gasteiger partial charge on any atom is 0.212 e. The van der Waals surface area contributed by atoms with E-state index in [1.54, 1.807) is 25.4 Å². The summed E-state index contributed by atoms with van der Waals surface area (Å²) in [7, 11) is 1.60. The highest BCUT2D eigenvalue weighted by Crippen LogP contribution is 2.20. The second-order valence-electron chi connectivity index (χ2n) is 4.05. The summed E-state index contributed by atoms with van der Waals surface area (Å²) in [4.78, 5) is 4.15. The number of benzene rings is 1. The maximum atomic E-state index is 6.09. The monoisotopic (exact) mass is 296 g/mol.